The molecular weight excluding hydrogens is 152 g/mol. The van der Waals surface area contributed by atoms with Crippen molar-refractivity contribution in [3.8, 4) is 0 Å². The smallest absolute Gasteiger partial charge is 0.135 e. The Hall–Kier alpha value is -1.25. The maximum atomic E-state index is 10.8. The van der Waals surface area contributed by atoms with Crippen LogP contribution < -0.4 is 0 Å². The number of carbonyl (C=O) groups excluding carboxylic acids is 1. The monoisotopic (exact) mass is 164 g/mol. The van der Waals surface area contributed by atoms with Gasteiger partial charge in [-0.3, -0.25) is 4.79 Å². The molecule has 3 heteroatoms. The molecule has 1 aromatic rings. The third-order valence-electron chi connectivity index (χ3n) is 1.57. The average Bonchev–Trinajstić information content (AvgIpc) is 2.03. The van der Waals surface area contributed by atoms with Crippen molar-refractivity contribution in [1.29, 1.82) is 0 Å². The summed E-state index contributed by atoms with van der Waals surface area (Å²) in [6, 6.07) is 1.88. The lowest BCUT2D eigenvalue weighted by Gasteiger charge is -1.98. The standard InChI is InChI=1S/C9H12N2O/c1-3-8-5-9(4-7(2)12)11-6-10-8/h5-6H,3-4H2,1-2H3. The van der Waals surface area contributed by atoms with E-state index >= 15 is 0 Å². The molecule has 0 saturated carbocycles. The predicted molar refractivity (Wildman–Crippen MR) is 45.8 cm³/mol. The molecule has 0 saturated heterocycles. The van der Waals surface area contributed by atoms with Crippen LogP contribution in [0.1, 0.15) is 25.2 Å². The number of Topliss-reactive ketones (excluding diaryl/α,β-unsaturated/α-hetero) is 1. The number of hydrogen-bond donors (Lipinski definition) is 0. The highest BCUT2D eigenvalue weighted by atomic mass is 16.1. The first-order valence-electron chi connectivity index (χ1n) is 4.01. The Kier molecular flexibility index (Phi) is 2.91. The van der Waals surface area contributed by atoms with Crippen LogP contribution in [0.4, 0.5) is 0 Å². The molecule has 12 heavy (non-hydrogen) atoms. The highest BCUT2D eigenvalue weighted by molar-refractivity contribution is 5.77. The van der Waals surface area contributed by atoms with Crippen molar-refractivity contribution in [1.82, 2.24) is 9.97 Å². The van der Waals surface area contributed by atoms with Gasteiger partial charge < -0.3 is 0 Å². The lowest BCUT2D eigenvalue weighted by atomic mass is 10.2. The second kappa shape index (κ2) is 3.95. The molecule has 1 heterocycles. The van der Waals surface area contributed by atoms with Crippen LogP contribution in [0.3, 0.4) is 0 Å². The first-order chi connectivity index (χ1) is 5.72. The van der Waals surface area contributed by atoms with Crippen molar-refractivity contribution in [2.75, 3.05) is 0 Å². The quantitative estimate of drug-likeness (QED) is 0.673. The van der Waals surface area contributed by atoms with Gasteiger partial charge in [-0.1, -0.05) is 6.92 Å². The van der Waals surface area contributed by atoms with Crippen molar-refractivity contribution >= 4 is 5.78 Å². The van der Waals surface area contributed by atoms with E-state index in [2.05, 4.69) is 9.97 Å². The zero-order valence-corrected chi connectivity index (χ0v) is 7.37. The molecule has 0 fully saturated rings. The number of nitrogens with zero attached hydrogens (tertiary/aromatic N) is 2. The molecule has 0 aromatic carbocycles. The summed E-state index contributed by atoms with van der Waals surface area (Å²) >= 11 is 0. The van der Waals surface area contributed by atoms with Gasteiger partial charge in [0.15, 0.2) is 0 Å². The fourth-order valence-corrected chi connectivity index (χ4v) is 0.989. The molecule has 0 bridgehead atoms. The summed E-state index contributed by atoms with van der Waals surface area (Å²) in [6.07, 6.45) is 2.81. The molecule has 0 aliphatic rings. The van der Waals surface area contributed by atoms with Crippen LogP contribution in [-0.4, -0.2) is 15.8 Å². The topological polar surface area (TPSA) is 42.9 Å². The highest BCUT2D eigenvalue weighted by Crippen LogP contribution is 1.99. The van der Waals surface area contributed by atoms with Crippen molar-refractivity contribution in [3.05, 3.63) is 23.8 Å². The van der Waals surface area contributed by atoms with E-state index in [0.717, 1.165) is 17.8 Å². The van der Waals surface area contributed by atoms with Crippen LogP contribution in [0.2, 0.25) is 0 Å². The van der Waals surface area contributed by atoms with Crippen LogP contribution in [0.25, 0.3) is 0 Å². The van der Waals surface area contributed by atoms with Gasteiger partial charge in [-0.15, -0.1) is 0 Å². The number of rotatable bonds is 3. The maximum Gasteiger partial charge on any atom is 0.135 e. The van der Waals surface area contributed by atoms with E-state index in [4.69, 9.17) is 0 Å². The molecule has 0 N–H and O–H groups in total. The summed E-state index contributed by atoms with van der Waals surface area (Å²) < 4.78 is 0. The number of ketones is 1. The first kappa shape index (κ1) is 8.84. The Morgan fingerprint density at radius 1 is 1.42 bits per heavy atom. The van der Waals surface area contributed by atoms with E-state index in [9.17, 15) is 4.79 Å². The Labute approximate surface area is 71.9 Å². The van der Waals surface area contributed by atoms with Crippen LogP contribution in [0, 0.1) is 0 Å². The van der Waals surface area contributed by atoms with Crippen LogP contribution >= 0.6 is 0 Å². The van der Waals surface area contributed by atoms with Crippen molar-refractivity contribution in [2.24, 2.45) is 0 Å². The van der Waals surface area contributed by atoms with Crippen LogP contribution in [0.5, 0.6) is 0 Å². The SMILES string of the molecule is CCc1cc(CC(C)=O)ncn1. The van der Waals surface area contributed by atoms with Gasteiger partial charge in [0.1, 0.15) is 12.1 Å². The van der Waals surface area contributed by atoms with Gasteiger partial charge in [0.25, 0.3) is 0 Å². The first-order valence-corrected chi connectivity index (χ1v) is 4.01. The summed E-state index contributed by atoms with van der Waals surface area (Å²) in [5.41, 5.74) is 1.80. The lowest BCUT2D eigenvalue weighted by Crippen LogP contribution is -2.01. The van der Waals surface area contributed by atoms with E-state index < -0.39 is 0 Å². The molecule has 0 amide bonds. The second-order valence-corrected chi connectivity index (χ2v) is 2.73. The minimum Gasteiger partial charge on any atom is -0.300 e. The van der Waals surface area contributed by atoms with Gasteiger partial charge in [-0.05, 0) is 19.4 Å². The number of aryl methyl sites for hydroxylation is 1. The fraction of sp³-hybridized carbons (Fsp3) is 0.444. The Morgan fingerprint density at radius 2 is 2.08 bits per heavy atom. The molecule has 64 valence electrons. The van der Waals surface area contributed by atoms with E-state index in [1.807, 2.05) is 13.0 Å². The highest BCUT2D eigenvalue weighted by Gasteiger charge is 1.99. The number of carbonyl (C=O) groups is 1. The average molecular weight is 164 g/mol. The third-order valence-corrected chi connectivity index (χ3v) is 1.57. The second-order valence-electron chi connectivity index (χ2n) is 2.73. The molecular formula is C9H12N2O. The van der Waals surface area contributed by atoms with E-state index in [1.165, 1.54) is 6.33 Å². The zero-order chi connectivity index (χ0) is 8.97. The van der Waals surface area contributed by atoms with Crippen LogP contribution in [-0.2, 0) is 17.6 Å². The molecule has 0 unspecified atom stereocenters. The largest absolute Gasteiger partial charge is 0.300 e. The minimum atomic E-state index is 0.135. The van der Waals surface area contributed by atoms with Crippen molar-refractivity contribution in [3.63, 3.8) is 0 Å². The molecule has 3 nitrogen and oxygen atoms in total. The van der Waals surface area contributed by atoms with Gasteiger partial charge in [-0.25, -0.2) is 9.97 Å². The zero-order valence-electron chi connectivity index (χ0n) is 7.37. The molecule has 0 spiro atoms. The summed E-state index contributed by atoms with van der Waals surface area (Å²) in [6.45, 7) is 3.59. The Bertz CT molecular complexity index is 284. The summed E-state index contributed by atoms with van der Waals surface area (Å²) in [4.78, 5) is 18.8. The molecule has 0 aliphatic carbocycles. The maximum absolute atomic E-state index is 10.8. The summed E-state index contributed by atoms with van der Waals surface area (Å²) in [5.74, 6) is 0.135. The van der Waals surface area contributed by atoms with Crippen molar-refractivity contribution < 1.29 is 4.79 Å². The van der Waals surface area contributed by atoms with Gasteiger partial charge in [-0.2, -0.15) is 0 Å². The number of hydrogen-bond acceptors (Lipinski definition) is 3. The van der Waals surface area contributed by atoms with Gasteiger partial charge in [0.05, 0.1) is 5.69 Å². The Balaban J connectivity index is 2.79. The summed E-state index contributed by atoms with van der Waals surface area (Å²) in [7, 11) is 0. The van der Waals surface area contributed by atoms with Crippen LogP contribution in [0.15, 0.2) is 12.4 Å². The van der Waals surface area contributed by atoms with Gasteiger partial charge >= 0.3 is 0 Å². The van der Waals surface area contributed by atoms with Gasteiger partial charge in [0.2, 0.25) is 0 Å². The fourth-order valence-electron chi connectivity index (χ4n) is 0.989. The number of aromatic nitrogens is 2. The van der Waals surface area contributed by atoms with E-state index in [0.29, 0.717) is 6.42 Å². The van der Waals surface area contributed by atoms with E-state index in [1.54, 1.807) is 6.92 Å². The minimum absolute atomic E-state index is 0.135. The van der Waals surface area contributed by atoms with Gasteiger partial charge in [0, 0.05) is 12.1 Å². The third kappa shape index (κ3) is 2.42. The summed E-state index contributed by atoms with van der Waals surface area (Å²) in [5, 5.41) is 0. The molecule has 0 radical (unpaired) electrons. The normalized spacial score (nSPS) is 9.83. The molecule has 0 atom stereocenters. The lowest BCUT2D eigenvalue weighted by molar-refractivity contribution is -0.116. The molecule has 1 aromatic heterocycles. The predicted octanol–water partition coefficient (Wildman–Crippen LogP) is 1.17. The van der Waals surface area contributed by atoms with E-state index in [-0.39, 0.29) is 5.78 Å². The Morgan fingerprint density at radius 3 is 2.67 bits per heavy atom. The molecule has 1 rings (SSSR count). The van der Waals surface area contributed by atoms with Crippen molar-refractivity contribution in [2.45, 2.75) is 26.7 Å². The molecule has 0 aliphatic heterocycles.